The van der Waals surface area contributed by atoms with Crippen molar-refractivity contribution in [2.45, 2.75) is 19.9 Å². The van der Waals surface area contributed by atoms with Crippen LogP contribution in [0.25, 0.3) is 0 Å². The molecule has 1 aromatic rings. The summed E-state index contributed by atoms with van der Waals surface area (Å²) < 4.78 is 6.41. The lowest BCUT2D eigenvalue weighted by molar-refractivity contribution is -0.122. The first-order chi connectivity index (χ1) is 8.63. The molecule has 0 aliphatic rings. The Bertz CT molecular complexity index is 404. The van der Waals surface area contributed by atoms with Crippen LogP contribution in [0.2, 0.25) is 0 Å². The maximum Gasteiger partial charge on any atom is 0.358 e. The van der Waals surface area contributed by atoms with Gasteiger partial charge in [0.05, 0.1) is 19.3 Å². The number of carbonyl (C=O) groups excluding carboxylic acids is 1. The van der Waals surface area contributed by atoms with Crippen LogP contribution in [0.1, 0.15) is 23.8 Å². The smallest absolute Gasteiger partial charge is 0.358 e. The van der Waals surface area contributed by atoms with Crippen molar-refractivity contribution < 1.29 is 19.4 Å². The van der Waals surface area contributed by atoms with E-state index in [-0.39, 0.29) is 11.6 Å². The minimum absolute atomic E-state index is 0.109. The lowest BCUT2D eigenvalue weighted by atomic mass is 10.4. The number of carboxylic acid groups (broad SMARTS) is 1. The third-order valence-corrected chi connectivity index (χ3v) is 2.10. The molecule has 0 radical (unpaired) electrons. The van der Waals surface area contributed by atoms with Gasteiger partial charge in [0.1, 0.15) is 0 Å². The van der Waals surface area contributed by atoms with Crippen molar-refractivity contribution in [1.29, 1.82) is 0 Å². The molecule has 0 bridgehead atoms. The van der Waals surface area contributed by atoms with Crippen molar-refractivity contribution in [2.24, 2.45) is 0 Å². The first kappa shape index (κ1) is 14.1. The van der Waals surface area contributed by atoms with Crippen LogP contribution in [0, 0.1) is 0 Å². The molecule has 100 valence electrons. The second kappa shape index (κ2) is 7.38. The number of nitrogens with one attached hydrogen (secondary N) is 1. The van der Waals surface area contributed by atoms with Crippen molar-refractivity contribution in [3.05, 3.63) is 11.9 Å². The number of ether oxygens (including phenoxy) is 1. The zero-order valence-electron chi connectivity index (χ0n) is 10.1. The highest BCUT2D eigenvalue weighted by molar-refractivity contribution is 5.84. The largest absolute Gasteiger partial charge is 0.476 e. The van der Waals surface area contributed by atoms with Gasteiger partial charge in [-0.1, -0.05) is 5.21 Å². The van der Waals surface area contributed by atoms with Crippen molar-refractivity contribution in [3.8, 4) is 0 Å². The fraction of sp³-hybridized carbons (Fsp3) is 0.600. The topological polar surface area (TPSA) is 106 Å². The minimum atomic E-state index is -1.12. The molecular formula is C10H16N4O4. The minimum Gasteiger partial charge on any atom is -0.476 e. The van der Waals surface area contributed by atoms with E-state index in [9.17, 15) is 9.59 Å². The third kappa shape index (κ3) is 4.91. The van der Waals surface area contributed by atoms with Gasteiger partial charge in [-0.25, -0.2) is 9.48 Å². The number of carboxylic acids is 1. The number of carbonyl (C=O) groups is 2. The van der Waals surface area contributed by atoms with Gasteiger partial charge in [0.25, 0.3) is 0 Å². The summed E-state index contributed by atoms with van der Waals surface area (Å²) in [6.07, 6.45) is 1.63. The number of aromatic carboxylic acids is 1. The standard InChI is InChI=1S/C10H16N4O4/c1-2-18-6-3-9(15)11-4-5-14-7-8(10(16)17)12-13-14/h7H,2-6H2,1H3,(H,11,15)(H,16,17). The lowest BCUT2D eigenvalue weighted by Gasteiger charge is -2.04. The first-order valence-electron chi connectivity index (χ1n) is 5.61. The second-order valence-corrected chi connectivity index (χ2v) is 3.47. The summed E-state index contributed by atoms with van der Waals surface area (Å²) in [6.45, 7) is 3.59. The van der Waals surface area contributed by atoms with Gasteiger partial charge in [-0.2, -0.15) is 0 Å². The highest BCUT2D eigenvalue weighted by Gasteiger charge is 2.08. The molecule has 8 nitrogen and oxygen atoms in total. The average molecular weight is 256 g/mol. The molecule has 1 rings (SSSR count). The molecular weight excluding hydrogens is 240 g/mol. The van der Waals surface area contributed by atoms with Crippen LogP contribution in [0.3, 0.4) is 0 Å². The Hall–Kier alpha value is -1.96. The molecule has 0 unspecified atom stereocenters. The molecule has 1 amide bonds. The van der Waals surface area contributed by atoms with E-state index >= 15 is 0 Å². The van der Waals surface area contributed by atoms with E-state index in [1.54, 1.807) is 0 Å². The Kier molecular flexibility index (Phi) is 5.78. The fourth-order valence-corrected chi connectivity index (χ4v) is 1.21. The van der Waals surface area contributed by atoms with Crippen LogP contribution in [-0.2, 0) is 16.1 Å². The molecule has 0 saturated heterocycles. The molecule has 1 aromatic heterocycles. The zero-order valence-corrected chi connectivity index (χ0v) is 10.1. The molecule has 1 heterocycles. The maximum atomic E-state index is 11.3. The van der Waals surface area contributed by atoms with E-state index in [0.717, 1.165) is 0 Å². The number of rotatable bonds is 8. The van der Waals surface area contributed by atoms with E-state index in [0.29, 0.717) is 32.7 Å². The summed E-state index contributed by atoms with van der Waals surface area (Å²) >= 11 is 0. The maximum absolute atomic E-state index is 11.3. The summed E-state index contributed by atoms with van der Waals surface area (Å²) in [5.74, 6) is -1.23. The van der Waals surface area contributed by atoms with Gasteiger partial charge < -0.3 is 15.2 Å². The molecule has 0 aliphatic carbocycles. The highest BCUT2D eigenvalue weighted by atomic mass is 16.5. The van der Waals surface area contributed by atoms with Crippen LogP contribution < -0.4 is 5.32 Å². The van der Waals surface area contributed by atoms with Crippen molar-refractivity contribution in [3.63, 3.8) is 0 Å². The predicted molar refractivity (Wildman–Crippen MR) is 61.1 cm³/mol. The monoisotopic (exact) mass is 256 g/mol. The van der Waals surface area contributed by atoms with Gasteiger partial charge in [0.15, 0.2) is 5.69 Å². The van der Waals surface area contributed by atoms with Gasteiger partial charge in [-0.05, 0) is 6.92 Å². The van der Waals surface area contributed by atoms with E-state index < -0.39 is 5.97 Å². The van der Waals surface area contributed by atoms with Crippen molar-refractivity contribution in [1.82, 2.24) is 20.3 Å². The zero-order chi connectivity index (χ0) is 13.4. The highest BCUT2D eigenvalue weighted by Crippen LogP contribution is 1.92. The summed E-state index contributed by atoms with van der Waals surface area (Å²) in [5, 5.41) is 18.4. The van der Waals surface area contributed by atoms with Crippen LogP contribution in [0.5, 0.6) is 0 Å². The Balaban J connectivity index is 2.20. The van der Waals surface area contributed by atoms with Crippen molar-refractivity contribution in [2.75, 3.05) is 19.8 Å². The summed E-state index contributed by atoms with van der Waals surface area (Å²) in [7, 11) is 0. The van der Waals surface area contributed by atoms with Gasteiger partial charge >= 0.3 is 5.97 Å². The second-order valence-electron chi connectivity index (χ2n) is 3.47. The predicted octanol–water partition coefficient (Wildman–Crippen LogP) is -0.481. The summed E-state index contributed by atoms with van der Waals surface area (Å²) in [4.78, 5) is 21.8. The molecule has 2 N–H and O–H groups in total. The van der Waals surface area contributed by atoms with Crippen LogP contribution in [0.4, 0.5) is 0 Å². The van der Waals surface area contributed by atoms with Crippen LogP contribution in [0.15, 0.2) is 6.20 Å². The number of aromatic nitrogens is 3. The van der Waals surface area contributed by atoms with Crippen LogP contribution in [-0.4, -0.2) is 51.7 Å². The van der Waals surface area contributed by atoms with Crippen molar-refractivity contribution >= 4 is 11.9 Å². The van der Waals surface area contributed by atoms with E-state index in [4.69, 9.17) is 9.84 Å². The Morgan fingerprint density at radius 3 is 2.94 bits per heavy atom. The number of amides is 1. The normalized spacial score (nSPS) is 10.3. The van der Waals surface area contributed by atoms with Gasteiger partial charge in [0, 0.05) is 19.6 Å². The average Bonchev–Trinajstić information content (AvgIpc) is 2.78. The van der Waals surface area contributed by atoms with Gasteiger partial charge in [0.2, 0.25) is 5.91 Å². The third-order valence-electron chi connectivity index (χ3n) is 2.10. The Morgan fingerprint density at radius 1 is 1.56 bits per heavy atom. The number of hydrogen-bond donors (Lipinski definition) is 2. The Labute approximate surface area is 104 Å². The van der Waals surface area contributed by atoms with Gasteiger partial charge in [-0.3, -0.25) is 4.79 Å². The lowest BCUT2D eigenvalue weighted by Crippen LogP contribution is -2.28. The molecule has 0 saturated carbocycles. The SMILES string of the molecule is CCOCCC(=O)NCCn1cc(C(=O)O)nn1. The molecule has 0 aromatic carbocycles. The fourth-order valence-electron chi connectivity index (χ4n) is 1.21. The molecule has 0 fully saturated rings. The molecule has 8 heteroatoms. The number of hydrogen-bond acceptors (Lipinski definition) is 5. The molecule has 0 aliphatic heterocycles. The number of nitrogens with zero attached hydrogens (tertiary/aromatic N) is 3. The van der Waals surface area contributed by atoms with Crippen LogP contribution >= 0.6 is 0 Å². The van der Waals surface area contributed by atoms with E-state index in [1.165, 1.54) is 10.9 Å². The van der Waals surface area contributed by atoms with Gasteiger partial charge in [-0.15, -0.1) is 5.10 Å². The van der Waals surface area contributed by atoms with E-state index in [1.807, 2.05) is 6.92 Å². The molecule has 0 atom stereocenters. The quantitative estimate of drug-likeness (QED) is 0.608. The summed E-state index contributed by atoms with van der Waals surface area (Å²) in [6, 6.07) is 0. The first-order valence-corrected chi connectivity index (χ1v) is 5.61. The van der Waals surface area contributed by atoms with E-state index in [2.05, 4.69) is 15.6 Å². The molecule has 0 spiro atoms. The molecule has 18 heavy (non-hydrogen) atoms. The Morgan fingerprint density at radius 2 is 2.33 bits per heavy atom. The summed E-state index contributed by atoms with van der Waals surface area (Å²) in [5.41, 5.74) is -0.113.